The molecule has 1 unspecified atom stereocenters. The van der Waals surface area contributed by atoms with Gasteiger partial charge in [0.2, 0.25) is 0 Å². The first-order chi connectivity index (χ1) is 8.40. The first-order valence-corrected chi connectivity index (χ1v) is 7.41. The van der Waals surface area contributed by atoms with Crippen molar-refractivity contribution < 1.29 is 17.2 Å². The van der Waals surface area contributed by atoms with Gasteiger partial charge >= 0.3 is 0 Å². The molecule has 0 fully saturated rings. The Balaban J connectivity index is 3.02. The van der Waals surface area contributed by atoms with E-state index in [-0.39, 0.29) is 11.8 Å². The molecule has 0 aliphatic carbocycles. The van der Waals surface area contributed by atoms with Gasteiger partial charge in [-0.1, -0.05) is 13.3 Å². The van der Waals surface area contributed by atoms with Gasteiger partial charge in [-0.25, -0.2) is 17.2 Å². The second kappa shape index (κ2) is 6.24. The quantitative estimate of drug-likeness (QED) is 0.866. The summed E-state index contributed by atoms with van der Waals surface area (Å²) in [5.41, 5.74) is 0. The van der Waals surface area contributed by atoms with Crippen LogP contribution in [0, 0.1) is 11.6 Å². The summed E-state index contributed by atoms with van der Waals surface area (Å²) >= 11 is 0. The smallest absolute Gasteiger partial charge is 0.182 e. The highest BCUT2D eigenvalue weighted by molar-refractivity contribution is 7.91. The van der Waals surface area contributed by atoms with Gasteiger partial charge < -0.3 is 5.32 Å². The van der Waals surface area contributed by atoms with Crippen molar-refractivity contribution in [2.24, 2.45) is 0 Å². The summed E-state index contributed by atoms with van der Waals surface area (Å²) in [6, 6.07) is 2.19. The van der Waals surface area contributed by atoms with Crippen LogP contribution in [0.15, 0.2) is 23.1 Å². The summed E-state index contributed by atoms with van der Waals surface area (Å²) in [5.74, 6) is -1.91. The Morgan fingerprint density at radius 3 is 2.56 bits per heavy atom. The average molecular weight is 277 g/mol. The SMILES string of the molecule is CCCC(CS(=O)(=O)c1cc(F)ccc1F)NC. The molecule has 0 heterocycles. The highest BCUT2D eigenvalue weighted by Gasteiger charge is 2.23. The van der Waals surface area contributed by atoms with Crippen molar-refractivity contribution in [1.82, 2.24) is 5.32 Å². The molecule has 0 bridgehead atoms. The van der Waals surface area contributed by atoms with Crippen LogP contribution in [0.2, 0.25) is 0 Å². The van der Waals surface area contributed by atoms with Gasteiger partial charge in [-0.3, -0.25) is 0 Å². The van der Waals surface area contributed by atoms with Crippen LogP contribution in [0.1, 0.15) is 19.8 Å². The monoisotopic (exact) mass is 277 g/mol. The van der Waals surface area contributed by atoms with Crippen LogP contribution in [0.5, 0.6) is 0 Å². The van der Waals surface area contributed by atoms with E-state index in [4.69, 9.17) is 0 Å². The summed E-state index contributed by atoms with van der Waals surface area (Å²) in [7, 11) is -2.17. The Hall–Kier alpha value is -1.01. The summed E-state index contributed by atoms with van der Waals surface area (Å²) in [6.45, 7) is 1.93. The largest absolute Gasteiger partial charge is 0.316 e. The van der Waals surface area contributed by atoms with Crippen molar-refractivity contribution in [2.75, 3.05) is 12.8 Å². The van der Waals surface area contributed by atoms with E-state index >= 15 is 0 Å². The van der Waals surface area contributed by atoms with Crippen LogP contribution < -0.4 is 5.32 Å². The predicted octanol–water partition coefficient (Wildman–Crippen LogP) is 2.13. The topological polar surface area (TPSA) is 46.2 Å². The zero-order valence-corrected chi connectivity index (χ0v) is 11.2. The van der Waals surface area contributed by atoms with Crippen LogP contribution >= 0.6 is 0 Å². The maximum absolute atomic E-state index is 13.4. The molecular weight excluding hydrogens is 260 g/mol. The summed E-state index contributed by atoms with van der Waals surface area (Å²) in [4.78, 5) is -0.571. The van der Waals surface area contributed by atoms with Crippen molar-refractivity contribution in [3.8, 4) is 0 Å². The molecule has 1 aromatic rings. The molecule has 0 radical (unpaired) electrons. The third kappa shape index (κ3) is 3.74. The Labute approximate surface area is 106 Å². The van der Waals surface area contributed by atoms with E-state index in [1.54, 1.807) is 7.05 Å². The molecule has 1 N–H and O–H groups in total. The van der Waals surface area contributed by atoms with E-state index in [9.17, 15) is 17.2 Å². The lowest BCUT2D eigenvalue weighted by Crippen LogP contribution is -2.33. The number of hydrogen-bond donors (Lipinski definition) is 1. The minimum absolute atomic E-state index is 0.238. The molecule has 0 aliphatic rings. The minimum Gasteiger partial charge on any atom is -0.316 e. The van der Waals surface area contributed by atoms with E-state index in [0.717, 1.165) is 24.6 Å². The molecule has 102 valence electrons. The first kappa shape index (κ1) is 15.0. The fraction of sp³-hybridized carbons (Fsp3) is 0.500. The molecule has 0 saturated carbocycles. The zero-order chi connectivity index (χ0) is 13.8. The number of hydrogen-bond acceptors (Lipinski definition) is 3. The Morgan fingerprint density at radius 2 is 2.00 bits per heavy atom. The molecule has 0 aromatic heterocycles. The van der Waals surface area contributed by atoms with Crippen molar-refractivity contribution >= 4 is 9.84 Å². The van der Waals surface area contributed by atoms with Crippen LogP contribution in [0.3, 0.4) is 0 Å². The Morgan fingerprint density at radius 1 is 1.33 bits per heavy atom. The van der Waals surface area contributed by atoms with Crippen molar-refractivity contribution in [1.29, 1.82) is 0 Å². The van der Waals surface area contributed by atoms with Crippen LogP contribution in [-0.2, 0) is 9.84 Å². The normalized spacial score (nSPS) is 13.6. The van der Waals surface area contributed by atoms with E-state index < -0.39 is 26.4 Å². The second-order valence-electron chi connectivity index (χ2n) is 4.13. The molecule has 0 amide bonds. The van der Waals surface area contributed by atoms with Crippen LogP contribution in [0.25, 0.3) is 0 Å². The molecule has 1 rings (SSSR count). The summed E-state index contributed by atoms with van der Waals surface area (Å²) < 4.78 is 50.4. The number of halogens is 2. The summed E-state index contributed by atoms with van der Waals surface area (Å²) in [5, 5.41) is 2.87. The van der Waals surface area contributed by atoms with Crippen molar-refractivity contribution in [3.63, 3.8) is 0 Å². The van der Waals surface area contributed by atoms with Crippen LogP contribution in [0.4, 0.5) is 8.78 Å². The lowest BCUT2D eigenvalue weighted by molar-refractivity contribution is 0.525. The first-order valence-electron chi connectivity index (χ1n) is 5.75. The number of benzene rings is 1. The number of sulfone groups is 1. The van der Waals surface area contributed by atoms with E-state index in [2.05, 4.69) is 5.32 Å². The summed E-state index contributed by atoms with van der Waals surface area (Å²) in [6.07, 6.45) is 1.47. The number of rotatable bonds is 6. The molecule has 1 atom stereocenters. The van der Waals surface area contributed by atoms with Gasteiger partial charge in [0.15, 0.2) is 9.84 Å². The van der Waals surface area contributed by atoms with Gasteiger partial charge in [-0.2, -0.15) is 0 Å². The van der Waals surface area contributed by atoms with E-state index in [1.807, 2.05) is 6.92 Å². The van der Waals surface area contributed by atoms with E-state index in [1.165, 1.54) is 0 Å². The zero-order valence-electron chi connectivity index (χ0n) is 10.4. The highest BCUT2D eigenvalue weighted by Crippen LogP contribution is 2.18. The third-order valence-corrected chi connectivity index (χ3v) is 4.52. The van der Waals surface area contributed by atoms with Gasteiger partial charge in [-0.15, -0.1) is 0 Å². The van der Waals surface area contributed by atoms with Crippen molar-refractivity contribution in [3.05, 3.63) is 29.8 Å². The fourth-order valence-electron chi connectivity index (χ4n) is 1.73. The molecule has 6 heteroatoms. The van der Waals surface area contributed by atoms with Gasteiger partial charge in [0.25, 0.3) is 0 Å². The Kier molecular flexibility index (Phi) is 5.22. The van der Waals surface area contributed by atoms with Crippen molar-refractivity contribution in [2.45, 2.75) is 30.7 Å². The average Bonchev–Trinajstić information content (AvgIpc) is 2.31. The maximum Gasteiger partial charge on any atom is 0.182 e. The predicted molar refractivity (Wildman–Crippen MR) is 66.2 cm³/mol. The molecule has 1 aromatic carbocycles. The highest BCUT2D eigenvalue weighted by atomic mass is 32.2. The fourth-order valence-corrected chi connectivity index (χ4v) is 3.43. The lowest BCUT2D eigenvalue weighted by Gasteiger charge is -2.15. The second-order valence-corrected chi connectivity index (χ2v) is 6.13. The molecule has 0 aliphatic heterocycles. The van der Waals surface area contributed by atoms with Gasteiger partial charge in [0, 0.05) is 6.04 Å². The Bertz CT molecular complexity index is 503. The van der Waals surface area contributed by atoms with Gasteiger partial charge in [-0.05, 0) is 31.7 Å². The molecule has 0 spiro atoms. The van der Waals surface area contributed by atoms with E-state index in [0.29, 0.717) is 6.42 Å². The lowest BCUT2D eigenvalue weighted by atomic mass is 10.2. The molecular formula is C12H17F2NO2S. The molecule has 0 saturated heterocycles. The maximum atomic E-state index is 13.4. The standard InChI is InChI=1S/C12H17F2NO2S/c1-3-4-10(15-2)8-18(16,17)12-7-9(13)5-6-11(12)14/h5-7,10,15H,3-4,8H2,1-2H3. The molecule has 18 heavy (non-hydrogen) atoms. The third-order valence-electron chi connectivity index (χ3n) is 2.69. The molecule has 3 nitrogen and oxygen atoms in total. The number of nitrogens with one attached hydrogen (secondary N) is 1. The van der Waals surface area contributed by atoms with Crippen LogP contribution in [-0.4, -0.2) is 27.3 Å². The van der Waals surface area contributed by atoms with Gasteiger partial charge in [0.1, 0.15) is 16.5 Å². The van der Waals surface area contributed by atoms with Gasteiger partial charge in [0.05, 0.1) is 5.75 Å². The minimum atomic E-state index is -3.82.